The molecule has 2 aromatic carbocycles. The van der Waals surface area contributed by atoms with Crippen LogP contribution in [0.25, 0.3) is 6.08 Å². The summed E-state index contributed by atoms with van der Waals surface area (Å²) in [4.78, 5) is 35.8. The van der Waals surface area contributed by atoms with Crippen molar-refractivity contribution in [3.05, 3.63) is 80.2 Å². The van der Waals surface area contributed by atoms with Crippen molar-refractivity contribution in [2.45, 2.75) is 12.7 Å². The summed E-state index contributed by atoms with van der Waals surface area (Å²) in [6, 6.07) is 9.90. The SMILES string of the molecule is O=C1S/C(=C\c2cccc(C(F)(F)F)c2)C(=O)N1Cc1cccc([N+](=O)[O-])c1. The van der Waals surface area contributed by atoms with Crippen LogP contribution in [0.4, 0.5) is 23.7 Å². The highest BCUT2D eigenvalue weighted by molar-refractivity contribution is 8.18. The molecule has 0 unspecified atom stereocenters. The van der Waals surface area contributed by atoms with Crippen LogP contribution < -0.4 is 0 Å². The summed E-state index contributed by atoms with van der Waals surface area (Å²) in [6.07, 6.45) is -3.31. The van der Waals surface area contributed by atoms with Crippen molar-refractivity contribution in [3.63, 3.8) is 0 Å². The summed E-state index contributed by atoms with van der Waals surface area (Å²) in [5, 5.41) is 10.2. The van der Waals surface area contributed by atoms with E-state index < -0.39 is 27.8 Å². The van der Waals surface area contributed by atoms with Gasteiger partial charge in [-0.3, -0.25) is 24.6 Å². The number of non-ortho nitro benzene ring substituents is 1. The van der Waals surface area contributed by atoms with Gasteiger partial charge in [-0.05, 0) is 41.1 Å². The Morgan fingerprint density at radius 3 is 2.50 bits per heavy atom. The molecule has 3 rings (SSSR count). The van der Waals surface area contributed by atoms with Crippen molar-refractivity contribution >= 4 is 34.7 Å². The zero-order valence-corrected chi connectivity index (χ0v) is 14.8. The number of thioether (sulfide) groups is 1. The van der Waals surface area contributed by atoms with Crippen molar-refractivity contribution in [2.75, 3.05) is 0 Å². The highest BCUT2D eigenvalue weighted by Crippen LogP contribution is 2.35. The van der Waals surface area contributed by atoms with Gasteiger partial charge in [-0.25, -0.2) is 0 Å². The fourth-order valence-corrected chi connectivity index (χ4v) is 3.38. The van der Waals surface area contributed by atoms with Crippen LogP contribution in [0.1, 0.15) is 16.7 Å². The van der Waals surface area contributed by atoms with Gasteiger partial charge in [0.2, 0.25) is 0 Å². The minimum absolute atomic E-state index is 0.0187. The number of nitro benzene ring substituents is 1. The van der Waals surface area contributed by atoms with E-state index >= 15 is 0 Å². The first-order valence-electron chi connectivity index (χ1n) is 7.81. The van der Waals surface area contributed by atoms with Crippen molar-refractivity contribution in [3.8, 4) is 0 Å². The smallest absolute Gasteiger partial charge is 0.268 e. The lowest BCUT2D eigenvalue weighted by Crippen LogP contribution is -2.27. The quantitative estimate of drug-likeness (QED) is 0.410. The van der Waals surface area contributed by atoms with Crippen molar-refractivity contribution in [1.29, 1.82) is 0 Å². The molecule has 1 fully saturated rings. The molecule has 1 aliphatic rings. The summed E-state index contributed by atoms with van der Waals surface area (Å²) in [6.45, 7) is -0.174. The predicted molar refractivity (Wildman–Crippen MR) is 96.1 cm³/mol. The van der Waals surface area contributed by atoms with Crippen LogP contribution in [0.2, 0.25) is 0 Å². The molecule has 0 spiro atoms. The van der Waals surface area contributed by atoms with Gasteiger partial charge in [0, 0.05) is 12.1 Å². The van der Waals surface area contributed by atoms with E-state index in [0.717, 1.165) is 17.0 Å². The third kappa shape index (κ3) is 4.22. The standard InChI is InChI=1S/C18H11F3N2O4S/c19-18(20,21)13-5-1-3-11(7-13)9-15-16(24)22(17(25)28-15)10-12-4-2-6-14(8-12)23(26)27/h1-9H,10H2/b15-9-. The average molecular weight is 408 g/mol. The van der Waals surface area contributed by atoms with Crippen LogP contribution in [0.5, 0.6) is 0 Å². The van der Waals surface area contributed by atoms with Crippen LogP contribution >= 0.6 is 11.8 Å². The van der Waals surface area contributed by atoms with E-state index in [1.165, 1.54) is 42.5 Å². The highest BCUT2D eigenvalue weighted by atomic mass is 32.2. The zero-order valence-electron chi connectivity index (χ0n) is 14.0. The number of hydrogen-bond acceptors (Lipinski definition) is 5. The lowest BCUT2D eigenvalue weighted by atomic mass is 10.1. The Labute approximate surface area is 160 Å². The maximum absolute atomic E-state index is 12.8. The van der Waals surface area contributed by atoms with E-state index in [0.29, 0.717) is 17.3 Å². The molecule has 0 atom stereocenters. The lowest BCUT2D eigenvalue weighted by molar-refractivity contribution is -0.384. The molecule has 2 amide bonds. The number of hydrogen-bond donors (Lipinski definition) is 0. The van der Waals surface area contributed by atoms with E-state index in [1.54, 1.807) is 0 Å². The molecular weight excluding hydrogens is 397 g/mol. The first-order chi connectivity index (χ1) is 13.1. The van der Waals surface area contributed by atoms with Gasteiger partial charge in [0.05, 0.1) is 21.9 Å². The molecule has 2 aromatic rings. The topological polar surface area (TPSA) is 80.5 Å². The van der Waals surface area contributed by atoms with Crippen LogP contribution in [-0.4, -0.2) is 21.0 Å². The fourth-order valence-electron chi connectivity index (χ4n) is 2.54. The lowest BCUT2D eigenvalue weighted by Gasteiger charge is -2.12. The predicted octanol–water partition coefficient (Wildman–Crippen LogP) is 4.85. The number of carbonyl (C=O) groups is 2. The summed E-state index contributed by atoms with van der Waals surface area (Å²) in [5.74, 6) is -0.668. The summed E-state index contributed by atoms with van der Waals surface area (Å²) >= 11 is 0.603. The minimum Gasteiger partial charge on any atom is -0.268 e. The Kier molecular flexibility index (Phi) is 5.23. The van der Waals surface area contributed by atoms with E-state index in [2.05, 4.69) is 0 Å². The van der Waals surface area contributed by atoms with Crippen LogP contribution in [0, 0.1) is 10.1 Å². The number of imide groups is 1. The monoisotopic (exact) mass is 408 g/mol. The molecule has 0 saturated carbocycles. The Morgan fingerprint density at radius 2 is 1.82 bits per heavy atom. The second kappa shape index (κ2) is 7.47. The molecule has 6 nitrogen and oxygen atoms in total. The third-order valence-corrected chi connectivity index (χ3v) is 4.75. The van der Waals surface area contributed by atoms with Crippen LogP contribution in [-0.2, 0) is 17.5 Å². The number of rotatable bonds is 4. The molecule has 0 bridgehead atoms. The van der Waals surface area contributed by atoms with Gasteiger partial charge in [-0.2, -0.15) is 13.2 Å². The van der Waals surface area contributed by atoms with Crippen LogP contribution in [0.15, 0.2) is 53.4 Å². The Bertz CT molecular complexity index is 1000. The molecule has 0 radical (unpaired) electrons. The molecule has 10 heteroatoms. The van der Waals surface area contributed by atoms with Gasteiger partial charge >= 0.3 is 6.18 Å². The number of nitrogens with zero attached hydrogens (tertiary/aromatic N) is 2. The molecule has 1 aliphatic heterocycles. The van der Waals surface area contributed by atoms with E-state index in [-0.39, 0.29) is 22.7 Å². The largest absolute Gasteiger partial charge is 0.416 e. The van der Waals surface area contributed by atoms with Crippen molar-refractivity contribution in [1.82, 2.24) is 4.90 Å². The molecule has 1 saturated heterocycles. The number of nitro groups is 1. The first-order valence-corrected chi connectivity index (χ1v) is 8.63. The molecule has 28 heavy (non-hydrogen) atoms. The van der Waals surface area contributed by atoms with Gasteiger partial charge in [0.15, 0.2) is 0 Å². The maximum atomic E-state index is 12.8. The molecule has 1 heterocycles. The summed E-state index contributed by atoms with van der Waals surface area (Å²) < 4.78 is 38.4. The van der Waals surface area contributed by atoms with Crippen molar-refractivity contribution in [2.24, 2.45) is 0 Å². The van der Waals surface area contributed by atoms with Gasteiger partial charge < -0.3 is 0 Å². The number of alkyl halides is 3. The van der Waals surface area contributed by atoms with E-state index in [1.807, 2.05) is 0 Å². The third-order valence-electron chi connectivity index (χ3n) is 3.85. The maximum Gasteiger partial charge on any atom is 0.416 e. The molecule has 0 aliphatic carbocycles. The fraction of sp³-hybridized carbons (Fsp3) is 0.111. The minimum atomic E-state index is -4.52. The molecular formula is C18H11F3N2O4S. The highest BCUT2D eigenvalue weighted by Gasteiger charge is 2.35. The van der Waals surface area contributed by atoms with Gasteiger partial charge in [0.25, 0.3) is 16.8 Å². The molecule has 0 N–H and O–H groups in total. The van der Waals surface area contributed by atoms with Gasteiger partial charge in [0.1, 0.15) is 0 Å². The normalized spacial score (nSPS) is 16.1. The van der Waals surface area contributed by atoms with E-state index in [9.17, 15) is 32.9 Å². The van der Waals surface area contributed by atoms with E-state index in [4.69, 9.17) is 0 Å². The number of amides is 2. The Hall–Kier alpha value is -3.14. The second-order valence-electron chi connectivity index (χ2n) is 5.82. The summed E-state index contributed by atoms with van der Waals surface area (Å²) in [5.41, 5.74) is -0.520. The Balaban J connectivity index is 1.83. The van der Waals surface area contributed by atoms with Crippen molar-refractivity contribution < 1.29 is 27.7 Å². The first kappa shape index (κ1) is 19.6. The Morgan fingerprint density at radius 1 is 1.11 bits per heavy atom. The van der Waals surface area contributed by atoms with Crippen LogP contribution in [0.3, 0.4) is 0 Å². The number of benzene rings is 2. The number of carbonyl (C=O) groups excluding carboxylic acids is 2. The summed E-state index contributed by atoms with van der Waals surface area (Å²) in [7, 11) is 0. The van der Waals surface area contributed by atoms with Gasteiger partial charge in [-0.1, -0.05) is 24.3 Å². The molecule has 0 aromatic heterocycles. The molecule has 144 valence electrons. The second-order valence-corrected chi connectivity index (χ2v) is 6.81. The number of halogens is 3. The zero-order chi connectivity index (χ0) is 20.5. The van der Waals surface area contributed by atoms with Gasteiger partial charge in [-0.15, -0.1) is 0 Å². The average Bonchev–Trinajstić information content (AvgIpc) is 2.89.